The molecule has 0 aromatic heterocycles. The average Bonchev–Trinajstić information content (AvgIpc) is 2.62. The van der Waals surface area contributed by atoms with Crippen LogP contribution in [0.1, 0.15) is 44.1 Å². The molecule has 152 valence electrons. The Morgan fingerprint density at radius 2 is 1.85 bits per heavy atom. The summed E-state index contributed by atoms with van der Waals surface area (Å²) in [6.45, 7) is 1.63. The van der Waals surface area contributed by atoms with Crippen LogP contribution in [0.5, 0.6) is 5.75 Å². The number of hydrogen-bond acceptors (Lipinski definition) is 5. The first-order valence-electron chi connectivity index (χ1n) is 9.40. The van der Waals surface area contributed by atoms with Crippen molar-refractivity contribution in [1.29, 1.82) is 0 Å². The molecular weight excluding hydrogens is 368 g/mol. The van der Waals surface area contributed by atoms with E-state index in [-0.39, 0.29) is 17.8 Å². The first kappa shape index (κ1) is 21.5. The van der Waals surface area contributed by atoms with E-state index >= 15 is 0 Å². The average molecular weight is 399 g/mol. The molecule has 1 saturated carbocycles. The first-order chi connectivity index (χ1) is 12.9. The third kappa shape index (κ3) is 8.17. The van der Waals surface area contributed by atoms with Crippen molar-refractivity contribution in [2.75, 3.05) is 26.5 Å². The second-order valence-electron chi connectivity index (χ2n) is 6.98. The second kappa shape index (κ2) is 10.5. The Morgan fingerprint density at radius 1 is 1.19 bits per heavy atom. The molecule has 0 atom stereocenters. The molecule has 27 heavy (non-hydrogen) atoms. The maximum atomic E-state index is 12.7. The number of hydrogen-bond donors (Lipinski definition) is 1. The van der Waals surface area contributed by atoms with Gasteiger partial charge in [0, 0.05) is 32.8 Å². The van der Waals surface area contributed by atoms with Gasteiger partial charge in [-0.1, -0.05) is 31.4 Å². The van der Waals surface area contributed by atoms with Gasteiger partial charge >= 0.3 is 16.1 Å². The zero-order chi connectivity index (χ0) is 19.7. The maximum Gasteiger partial charge on any atom is 0.317 e. The van der Waals surface area contributed by atoms with Gasteiger partial charge in [-0.15, -0.1) is 0 Å². The molecule has 0 saturated heterocycles. The van der Waals surface area contributed by atoms with Crippen LogP contribution < -0.4 is 9.50 Å². The highest BCUT2D eigenvalue weighted by atomic mass is 32.2. The molecule has 7 nitrogen and oxygen atoms in total. The number of carbonyl (C=O) groups excluding carboxylic acids is 1. The molecule has 1 aromatic carbocycles. The minimum Gasteiger partial charge on any atom is -0.385 e. The quantitative estimate of drug-likeness (QED) is 0.511. The molecule has 0 unspecified atom stereocenters. The summed E-state index contributed by atoms with van der Waals surface area (Å²) in [5.74, 6) is 0.263. The van der Waals surface area contributed by atoms with Gasteiger partial charge in [-0.25, -0.2) is 4.79 Å². The molecular formula is C19H30N2O5S. The SMILES string of the molecule is COCCCN(Cc1ccc(OS(C)(=O)=O)cc1)C(=O)NC1CCCCC1. The lowest BCUT2D eigenvalue weighted by molar-refractivity contribution is 0.162. The van der Waals surface area contributed by atoms with Crippen LogP contribution in [-0.2, 0) is 21.4 Å². The highest BCUT2D eigenvalue weighted by Crippen LogP contribution is 2.19. The lowest BCUT2D eigenvalue weighted by Crippen LogP contribution is -2.45. The van der Waals surface area contributed by atoms with E-state index < -0.39 is 10.1 Å². The van der Waals surface area contributed by atoms with Crippen LogP contribution in [0.4, 0.5) is 4.79 Å². The van der Waals surface area contributed by atoms with Crippen molar-refractivity contribution in [1.82, 2.24) is 10.2 Å². The summed E-state index contributed by atoms with van der Waals surface area (Å²) < 4.78 is 32.3. The molecule has 2 amide bonds. The normalized spacial score (nSPS) is 15.3. The van der Waals surface area contributed by atoms with Gasteiger partial charge in [-0.05, 0) is 37.0 Å². The number of ether oxygens (including phenoxy) is 1. The Morgan fingerprint density at radius 3 is 2.44 bits per heavy atom. The van der Waals surface area contributed by atoms with Crippen LogP contribution in [0, 0.1) is 0 Å². The van der Waals surface area contributed by atoms with Gasteiger partial charge in [-0.2, -0.15) is 8.42 Å². The zero-order valence-electron chi connectivity index (χ0n) is 16.1. The Bertz CT molecular complexity index is 685. The molecule has 2 rings (SSSR count). The minimum absolute atomic E-state index is 0.0607. The van der Waals surface area contributed by atoms with Crippen LogP contribution >= 0.6 is 0 Å². The van der Waals surface area contributed by atoms with Crippen molar-refractivity contribution in [2.24, 2.45) is 0 Å². The van der Waals surface area contributed by atoms with Gasteiger partial charge in [0.1, 0.15) is 5.75 Å². The lowest BCUT2D eigenvalue weighted by Gasteiger charge is -2.28. The fourth-order valence-electron chi connectivity index (χ4n) is 3.21. The summed E-state index contributed by atoms with van der Waals surface area (Å²) >= 11 is 0. The summed E-state index contributed by atoms with van der Waals surface area (Å²) in [6.07, 6.45) is 7.40. The Labute approximate surface area is 162 Å². The van der Waals surface area contributed by atoms with Crippen LogP contribution in [-0.4, -0.2) is 51.9 Å². The molecule has 0 heterocycles. The molecule has 1 aromatic rings. The number of nitrogens with zero attached hydrogens (tertiary/aromatic N) is 1. The Hall–Kier alpha value is -1.80. The van der Waals surface area contributed by atoms with Crippen molar-refractivity contribution in [3.8, 4) is 5.75 Å². The van der Waals surface area contributed by atoms with Gasteiger partial charge < -0.3 is 19.1 Å². The molecule has 1 N–H and O–H groups in total. The highest BCUT2D eigenvalue weighted by molar-refractivity contribution is 7.86. The molecule has 8 heteroatoms. The summed E-state index contributed by atoms with van der Waals surface area (Å²) in [5, 5.41) is 3.15. The number of benzene rings is 1. The van der Waals surface area contributed by atoms with Crippen molar-refractivity contribution in [2.45, 2.75) is 51.1 Å². The summed E-state index contributed by atoms with van der Waals surface area (Å²) in [7, 11) is -1.90. The van der Waals surface area contributed by atoms with Gasteiger partial charge in [-0.3, -0.25) is 0 Å². The van der Waals surface area contributed by atoms with E-state index in [4.69, 9.17) is 8.92 Å². The van der Waals surface area contributed by atoms with Crippen molar-refractivity contribution in [3.05, 3.63) is 29.8 Å². The predicted octanol–water partition coefficient (Wildman–Crippen LogP) is 2.91. The molecule has 0 spiro atoms. The second-order valence-corrected chi connectivity index (χ2v) is 8.56. The van der Waals surface area contributed by atoms with Gasteiger partial charge in [0.25, 0.3) is 0 Å². The van der Waals surface area contributed by atoms with Crippen molar-refractivity contribution < 1.29 is 22.1 Å². The number of carbonyl (C=O) groups is 1. The van der Waals surface area contributed by atoms with Crippen molar-refractivity contribution >= 4 is 16.1 Å². The third-order valence-corrected chi connectivity index (χ3v) is 5.04. The number of rotatable bonds is 9. The smallest absolute Gasteiger partial charge is 0.317 e. The highest BCUT2D eigenvalue weighted by Gasteiger charge is 2.20. The molecule has 1 aliphatic rings. The van der Waals surface area contributed by atoms with E-state index in [0.717, 1.165) is 43.9 Å². The summed E-state index contributed by atoms with van der Waals surface area (Å²) in [6, 6.07) is 6.94. The van der Waals surface area contributed by atoms with Crippen LogP contribution in [0.25, 0.3) is 0 Å². The maximum absolute atomic E-state index is 12.7. The van der Waals surface area contributed by atoms with E-state index in [2.05, 4.69) is 5.32 Å². The molecule has 0 aliphatic heterocycles. The summed E-state index contributed by atoms with van der Waals surface area (Å²) in [5.41, 5.74) is 0.909. The fraction of sp³-hybridized carbons (Fsp3) is 0.632. The minimum atomic E-state index is -3.55. The standard InChI is InChI=1S/C19H30N2O5S/c1-25-14-6-13-21(19(22)20-17-7-4-3-5-8-17)15-16-9-11-18(12-10-16)26-27(2,23)24/h9-12,17H,3-8,13-15H2,1-2H3,(H,20,22). The van der Waals surface area contributed by atoms with Gasteiger partial charge in [0.05, 0.1) is 6.26 Å². The van der Waals surface area contributed by atoms with Crippen LogP contribution in [0.2, 0.25) is 0 Å². The van der Waals surface area contributed by atoms with Gasteiger partial charge in [0.2, 0.25) is 0 Å². The van der Waals surface area contributed by atoms with Crippen molar-refractivity contribution in [3.63, 3.8) is 0 Å². The van der Waals surface area contributed by atoms with Crippen LogP contribution in [0.3, 0.4) is 0 Å². The zero-order valence-corrected chi connectivity index (χ0v) is 17.0. The Balaban J connectivity index is 1.98. The van der Waals surface area contributed by atoms with Crippen LogP contribution in [0.15, 0.2) is 24.3 Å². The number of amides is 2. The fourth-order valence-corrected chi connectivity index (χ4v) is 3.67. The van der Waals surface area contributed by atoms with E-state index in [9.17, 15) is 13.2 Å². The van der Waals surface area contributed by atoms with Gasteiger partial charge in [0.15, 0.2) is 0 Å². The Kier molecular flexibility index (Phi) is 8.37. The number of methoxy groups -OCH3 is 1. The monoisotopic (exact) mass is 398 g/mol. The van der Waals surface area contributed by atoms with E-state index in [1.165, 1.54) is 6.42 Å². The third-order valence-electron chi connectivity index (χ3n) is 4.54. The van der Waals surface area contributed by atoms with E-state index in [1.54, 1.807) is 36.3 Å². The molecule has 0 radical (unpaired) electrons. The predicted molar refractivity (Wildman–Crippen MR) is 104 cm³/mol. The molecule has 1 aliphatic carbocycles. The van der Waals surface area contributed by atoms with E-state index in [0.29, 0.717) is 19.7 Å². The number of urea groups is 1. The first-order valence-corrected chi connectivity index (χ1v) is 11.2. The number of nitrogens with one attached hydrogen (secondary N) is 1. The molecule has 1 fully saturated rings. The summed E-state index contributed by atoms with van der Waals surface area (Å²) in [4.78, 5) is 14.5. The van der Waals surface area contributed by atoms with E-state index in [1.807, 2.05) is 0 Å². The lowest BCUT2D eigenvalue weighted by atomic mass is 9.96. The topological polar surface area (TPSA) is 84.9 Å². The largest absolute Gasteiger partial charge is 0.385 e. The molecule has 0 bridgehead atoms.